The second kappa shape index (κ2) is 12.7. The van der Waals surface area contributed by atoms with Crippen LogP contribution in [0.25, 0.3) is 21.8 Å². The van der Waals surface area contributed by atoms with Gasteiger partial charge in [-0.15, -0.1) is 11.8 Å². The molecule has 0 radical (unpaired) electrons. The number of unbranched alkanes of at least 4 members (excludes halogenated alkanes) is 4. The van der Waals surface area contributed by atoms with Crippen molar-refractivity contribution in [3.05, 3.63) is 69.0 Å². The Hall–Kier alpha value is -2.01. The molecule has 0 saturated carbocycles. The predicted octanol–water partition coefficient (Wildman–Crippen LogP) is 10.0. The van der Waals surface area contributed by atoms with Gasteiger partial charge in [-0.2, -0.15) is 0 Å². The molecule has 2 aliphatic carbocycles. The Morgan fingerprint density at radius 2 is 1.44 bits per heavy atom. The molecule has 2 aliphatic rings. The van der Waals surface area contributed by atoms with Gasteiger partial charge in [0.25, 0.3) is 0 Å². The Labute approximate surface area is 246 Å². The van der Waals surface area contributed by atoms with Crippen molar-refractivity contribution in [1.82, 2.24) is 9.97 Å². The molecule has 0 fully saturated rings. The number of hydrogen-bond donors (Lipinski definition) is 1. The molecule has 1 N–H and O–H groups in total. The quantitative estimate of drug-likeness (QED) is 0.150. The van der Waals surface area contributed by atoms with Crippen molar-refractivity contribution in [2.45, 2.75) is 88.4 Å². The lowest BCUT2D eigenvalue weighted by molar-refractivity contribution is 0.645. The molecule has 39 heavy (non-hydrogen) atoms. The van der Waals surface area contributed by atoms with Crippen LogP contribution in [0.2, 0.25) is 10.0 Å². The third kappa shape index (κ3) is 6.04. The van der Waals surface area contributed by atoms with Gasteiger partial charge in [-0.1, -0.05) is 60.7 Å². The van der Waals surface area contributed by atoms with Crippen LogP contribution in [0.3, 0.4) is 0 Å². The lowest BCUT2D eigenvalue weighted by Crippen LogP contribution is -2.12. The average Bonchev–Trinajstić information content (AvgIpc) is 2.95. The molecule has 2 aromatic carbocycles. The van der Waals surface area contributed by atoms with Crippen molar-refractivity contribution >= 4 is 62.5 Å². The van der Waals surface area contributed by atoms with Crippen molar-refractivity contribution in [2.75, 3.05) is 17.6 Å². The maximum absolute atomic E-state index is 6.69. The van der Waals surface area contributed by atoms with Gasteiger partial charge < -0.3 is 5.32 Å². The van der Waals surface area contributed by atoms with E-state index >= 15 is 0 Å². The molecule has 0 spiro atoms. The molecule has 2 heterocycles. The highest BCUT2D eigenvalue weighted by atomic mass is 35.5. The molecule has 2 aromatic heterocycles. The fourth-order valence-corrected chi connectivity index (χ4v) is 8.24. The van der Waals surface area contributed by atoms with E-state index in [1.165, 1.54) is 96.3 Å². The van der Waals surface area contributed by atoms with Crippen LogP contribution < -0.4 is 5.32 Å². The van der Waals surface area contributed by atoms with Crippen molar-refractivity contribution in [2.24, 2.45) is 0 Å². The summed E-state index contributed by atoms with van der Waals surface area (Å²) in [4.78, 5) is 11.3. The van der Waals surface area contributed by atoms with Gasteiger partial charge in [0, 0.05) is 44.3 Å². The topological polar surface area (TPSA) is 37.8 Å². The van der Waals surface area contributed by atoms with Gasteiger partial charge in [0.2, 0.25) is 0 Å². The van der Waals surface area contributed by atoms with E-state index in [4.69, 9.17) is 33.2 Å². The monoisotopic (exact) mass is 577 g/mol. The van der Waals surface area contributed by atoms with Gasteiger partial charge in [0.1, 0.15) is 0 Å². The number of aryl methyl sites for hydroxylation is 2. The number of nitrogens with one attached hydrogen (secondary N) is 1. The van der Waals surface area contributed by atoms with Gasteiger partial charge in [-0.05, 0) is 99.3 Å². The van der Waals surface area contributed by atoms with Crippen LogP contribution in [0, 0.1) is 0 Å². The Kier molecular flexibility index (Phi) is 8.82. The van der Waals surface area contributed by atoms with E-state index in [2.05, 4.69) is 29.6 Å². The van der Waals surface area contributed by atoms with Crippen LogP contribution >= 0.6 is 35.0 Å². The molecule has 0 saturated heterocycles. The second-order valence-electron chi connectivity index (χ2n) is 11.0. The smallest absolute Gasteiger partial charge is 0.0746 e. The summed E-state index contributed by atoms with van der Waals surface area (Å²) in [6, 6.07) is 12.5. The molecule has 0 atom stereocenters. The minimum absolute atomic E-state index is 0.665. The number of rotatable bonds is 10. The summed E-state index contributed by atoms with van der Waals surface area (Å²) < 4.78 is 0. The van der Waals surface area contributed by atoms with Crippen LogP contribution in [0.4, 0.5) is 5.69 Å². The van der Waals surface area contributed by atoms with E-state index in [0.29, 0.717) is 5.02 Å². The molecule has 0 aliphatic heterocycles. The van der Waals surface area contributed by atoms with Crippen molar-refractivity contribution < 1.29 is 0 Å². The van der Waals surface area contributed by atoms with E-state index in [0.717, 1.165) is 59.4 Å². The van der Waals surface area contributed by atoms with Crippen LogP contribution in [0.5, 0.6) is 0 Å². The van der Waals surface area contributed by atoms with Crippen LogP contribution in [-0.2, 0) is 25.7 Å². The first kappa shape index (κ1) is 27.2. The molecule has 3 nitrogen and oxygen atoms in total. The first-order valence-corrected chi connectivity index (χ1v) is 16.5. The number of thioether (sulfide) groups is 1. The minimum Gasteiger partial charge on any atom is -0.384 e. The molecule has 0 bridgehead atoms. The first-order chi connectivity index (χ1) is 19.2. The second-order valence-corrected chi connectivity index (χ2v) is 13.0. The van der Waals surface area contributed by atoms with Crippen molar-refractivity contribution in [1.29, 1.82) is 0 Å². The Bertz CT molecular complexity index is 1490. The number of fused-ring (bicyclic) bond motifs is 4. The van der Waals surface area contributed by atoms with Gasteiger partial charge in [0.05, 0.1) is 16.1 Å². The Morgan fingerprint density at radius 1 is 0.744 bits per heavy atom. The largest absolute Gasteiger partial charge is 0.384 e. The van der Waals surface area contributed by atoms with E-state index in [-0.39, 0.29) is 0 Å². The van der Waals surface area contributed by atoms with Crippen molar-refractivity contribution in [3.63, 3.8) is 0 Å². The third-order valence-corrected chi connectivity index (χ3v) is 10.0. The molecule has 0 amide bonds. The molecule has 204 valence electrons. The highest BCUT2D eigenvalue weighted by molar-refractivity contribution is 7.99. The number of halogens is 2. The van der Waals surface area contributed by atoms with Crippen LogP contribution in [0.15, 0.2) is 41.3 Å². The first-order valence-electron chi connectivity index (χ1n) is 14.8. The maximum Gasteiger partial charge on any atom is 0.0746 e. The zero-order valence-corrected chi connectivity index (χ0v) is 25.0. The highest BCUT2D eigenvalue weighted by Crippen LogP contribution is 2.41. The molecule has 4 aromatic rings. The standard InChI is InChI=1S/C33H37Cl2N3S/c34-22-20-26(35)31-30(21-22)38-29-17-9-6-14-25(29)33(31)39-19-11-3-1-2-10-18-36-32-23-12-4-7-15-27(23)37-28-16-8-5-13-24(28)32/h4,7,12,15,20-21H,1-3,5-6,8-11,13-14,16-19H2,(H,36,37). The van der Waals surface area contributed by atoms with E-state index in [1.54, 1.807) is 0 Å². The van der Waals surface area contributed by atoms with Gasteiger partial charge in [-0.25, -0.2) is 0 Å². The SMILES string of the molecule is Clc1cc(Cl)c2c(SCCCCCCCNc3c4c(nc5ccccc35)CCCC4)c3c(nc2c1)CCCC3. The summed E-state index contributed by atoms with van der Waals surface area (Å²) in [6.07, 6.45) is 15.7. The highest BCUT2D eigenvalue weighted by Gasteiger charge is 2.21. The fourth-order valence-electron chi connectivity index (χ4n) is 6.31. The summed E-state index contributed by atoms with van der Waals surface area (Å²) in [5.41, 5.74) is 8.89. The zero-order chi connectivity index (χ0) is 26.6. The lowest BCUT2D eigenvalue weighted by atomic mass is 9.92. The molecule has 6 rings (SSSR count). The summed E-state index contributed by atoms with van der Waals surface area (Å²) in [7, 11) is 0. The van der Waals surface area contributed by atoms with Gasteiger partial charge in [-0.3, -0.25) is 9.97 Å². The average molecular weight is 579 g/mol. The Morgan fingerprint density at radius 3 is 2.31 bits per heavy atom. The van der Waals surface area contributed by atoms with E-state index < -0.39 is 0 Å². The molecule has 6 heteroatoms. The van der Waals surface area contributed by atoms with Gasteiger partial charge in [0.15, 0.2) is 0 Å². The number of anilines is 1. The minimum atomic E-state index is 0.665. The number of nitrogens with zero attached hydrogens (tertiary/aromatic N) is 2. The number of aromatic nitrogens is 2. The van der Waals surface area contributed by atoms with E-state index in [9.17, 15) is 0 Å². The van der Waals surface area contributed by atoms with Crippen LogP contribution in [0.1, 0.15) is 80.3 Å². The summed E-state index contributed by atoms with van der Waals surface area (Å²) >= 11 is 15.0. The molecular formula is C33H37Cl2N3S. The van der Waals surface area contributed by atoms with Gasteiger partial charge >= 0.3 is 0 Å². The lowest BCUT2D eigenvalue weighted by Gasteiger charge is -2.21. The normalized spacial score (nSPS) is 14.9. The molecular weight excluding hydrogens is 541 g/mol. The number of pyridine rings is 2. The maximum atomic E-state index is 6.69. The van der Waals surface area contributed by atoms with Crippen molar-refractivity contribution in [3.8, 4) is 0 Å². The summed E-state index contributed by atoms with van der Waals surface area (Å²) in [5.74, 6) is 1.12. The van der Waals surface area contributed by atoms with E-state index in [1.807, 2.05) is 23.9 Å². The number of benzene rings is 2. The molecule has 0 unspecified atom stereocenters. The van der Waals surface area contributed by atoms with Crippen LogP contribution in [-0.4, -0.2) is 22.3 Å². The number of para-hydroxylation sites is 1. The number of hydrogen-bond acceptors (Lipinski definition) is 4. The third-order valence-electron chi connectivity index (χ3n) is 8.27. The summed E-state index contributed by atoms with van der Waals surface area (Å²) in [6.45, 7) is 1.03. The Balaban J connectivity index is 1.00. The zero-order valence-electron chi connectivity index (χ0n) is 22.6. The predicted molar refractivity (Wildman–Crippen MR) is 169 cm³/mol. The summed E-state index contributed by atoms with van der Waals surface area (Å²) in [5, 5.41) is 7.60. The fraction of sp³-hybridized carbons (Fsp3) is 0.455.